The summed E-state index contributed by atoms with van der Waals surface area (Å²) in [5.74, 6) is 2.00. The van der Waals surface area contributed by atoms with Crippen molar-refractivity contribution in [3.05, 3.63) is 54.0 Å². The van der Waals surface area contributed by atoms with E-state index in [1.165, 1.54) is 0 Å². The highest BCUT2D eigenvalue weighted by molar-refractivity contribution is 14.0. The average molecular weight is 487 g/mol. The summed E-state index contributed by atoms with van der Waals surface area (Å²) in [6.45, 7) is 9.20. The van der Waals surface area contributed by atoms with Gasteiger partial charge in [-0.15, -0.1) is 24.0 Å². The smallest absolute Gasteiger partial charge is 0.191 e. The summed E-state index contributed by atoms with van der Waals surface area (Å²) in [7, 11) is 0. The molecule has 0 radical (unpaired) electrons. The number of hydrogen-bond donors (Lipinski definition) is 3. The number of aryl methyl sites for hydroxylation is 1. The normalized spacial score (nSPS) is 14.6. The van der Waals surface area contributed by atoms with Crippen LogP contribution in [0.5, 0.6) is 5.75 Å². The number of benzene rings is 1. The minimum Gasteiger partial charge on any atom is -0.489 e. The van der Waals surface area contributed by atoms with E-state index in [2.05, 4.69) is 15.6 Å². The molecule has 27 heavy (non-hydrogen) atoms. The van der Waals surface area contributed by atoms with Crippen LogP contribution in [0.2, 0.25) is 0 Å². The third kappa shape index (κ3) is 7.42. The van der Waals surface area contributed by atoms with Crippen LogP contribution in [0.3, 0.4) is 0 Å². The number of rotatable bonds is 8. The second-order valence-corrected chi connectivity index (χ2v) is 6.52. The predicted molar refractivity (Wildman–Crippen MR) is 119 cm³/mol. The maximum Gasteiger partial charge on any atom is 0.191 e. The Hall–Kier alpha value is -1.74. The summed E-state index contributed by atoms with van der Waals surface area (Å²) in [6, 6.07) is 11.4. The summed E-state index contributed by atoms with van der Waals surface area (Å²) in [4.78, 5) is 4.47. The topological polar surface area (TPSA) is 79.0 Å². The second-order valence-electron chi connectivity index (χ2n) is 6.52. The van der Waals surface area contributed by atoms with Gasteiger partial charge in [0.1, 0.15) is 23.2 Å². The molecular formula is C20H30IN3O3. The van der Waals surface area contributed by atoms with Crippen molar-refractivity contribution in [1.29, 1.82) is 0 Å². The lowest BCUT2D eigenvalue weighted by Gasteiger charge is -2.21. The highest BCUT2D eigenvalue weighted by Gasteiger charge is 2.26. The summed E-state index contributed by atoms with van der Waals surface area (Å²) in [5, 5.41) is 16.9. The summed E-state index contributed by atoms with van der Waals surface area (Å²) in [5.41, 5.74) is -0.0517. The molecule has 0 bridgehead atoms. The fraction of sp³-hybridized carbons (Fsp3) is 0.450. The fourth-order valence-corrected chi connectivity index (χ4v) is 2.43. The Kier molecular flexibility index (Phi) is 9.65. The molecule has 0 aliphatic heterocycles. The maximum absolute atomic E-state index is 10.5. The van der Waals surface area contributed by atoms with Crippen molar-refractivity contribution in [1.82, 2.24) is 10.6 Å². The Bertz CT molecular complexity index is 702. The van der Waals surface area contributed by atoms with Crippen molar-refractivity contribution in [2.75, 3.05) is 19.6 Å². The van der Waals surface area contributed by atoms with Gasteiger partial charge in [0.25, 0.3) is 0 Å². The van der Waals surface area contributed by atoms with Gasteiger partial charge in [-0.3, -0.25) is 0 Å². The first-order chi connectivity index (χ1) is 12.4. The molecule has 0 fully saturated rings. The van der Waals surface area contributed by atoms with E-state index in [4.69, 9.17) is 9.15 Å². The van der Waals surface area contributed by atoms with E-state index in [0.29, 0.717) is 18.3 Å². The summed E-state index contributed by atoms with van der Waals surface area (Å²) < 4.78 is 11.3. The van der Waals surface area contributed by atoms with E-state index < -0.39 is 5.60 Å². The fourth-order valence-electron chi connectivity index (χ4n) is 2.43. The van der Waals surface area contributed by atoms with Crippen LogP contribution in [0.25, 0.3) is 0 Å². The molecule has 0 amide bonds. The SMILES string of the molecule is CCNC(=NCC(C)(O)c1ccco1)NCC(C)Oc1ccccc1C.I. The number of nitrogens with one attached hydrogen (secondary N) is 2. The van der Waals surface area contributed by atoms with E-state index >= 15 is 0 Å². The van der Waals surface area contributed by atoms with Crippen LogP contribution in [0.4, 0.5) is 0 Å². The molecule has 2 rings (SSSR count). The predicted octanol–water partition coefficient (Wildman–Crippen LogP) is 3.44. The van der Waals surface area contributed by atoms with Crippen molar-refractivity contribution in [3.63, 3.8) is 0 Å². The minimum atomic E-state index is -1.16. The molecule has 1 aromatic carbocycles. The number of halogens is 1. The minimum absolute atomic E-state index is 0. The Morgan fingerprint density at radius 3 is 2.63 bits per heavy atom. The number of nitrogens with zero attached hydrogens (tertiary/aromatic N) is 1. The molecule has 0 aliphatic carbocycles. The van der Waals surface area contributed by atoms with Crippen LogP contribution in [0, 0.1) is 6.92 Å². The lowest BCUT2D eigenvalue weighted by molar-refractivity contribution is 0.0437. The van der Waals surface area contributed by atoms with Gasteiger partial charge in [-0.05, 0) is 51.5 Å². The third-order valence-corrected chi connectivity index (χ3v) is 3.92. The zero-order valence-electron chi connectivity index (χ0n) is 16.4. The van der Waals surface area contributed by atoms with Crippen molar-refractivity contribution in [2.45, 2.75) is 39.4 Å². The van der Waals surface area contributed by atoms with Crippen LogP contribution >= 0.6 is 24.0 Å². The average Bonchev–Trinajstić information content (AvgIpc) is 3.15. The third-order valence-electron chi connectivity index (χ3n) is 3.92. The van der Waals surface area contributed by atoms with Crippen molar-refractivity contribution in [3.8, 4) is 5.75 Å². The molecule has 3 N–H and O–H groups in total. The van der Waals surface area contributed by atoms with E-state index in [-0.39, 0.29) is 36.6 Å². The maximum atomic E-state index is 10.5. The molecule has 150 valence electrons. The lowest BCUT2D eigenvalue weighted by atomic mass is 10.0. The van der Waals surface area contributed by atoms with Gasteiger partial charge >= 0.3 is 0 Å². The largest absolute Gasteiger partial charge is 0.489 e. The summed E-state index contributed by atoms with van der Waals surface area (Å²) >= 11 is 0. The molecule has 0 saturated heterocycles. The molecule has 2 aromatic rings. The zero-order valence-corrected chi connectivity index (χ0v) is 18.7. The number of aliphatic imine (C=N–C) groups is 1. The van der Waals surface area contributed by atoms with E-state index in [9.17, 15) is 5.11 Å². The van der Waals surface area contributed by atoms with Gasteiger partial charge in [-0.1, -0.05) is 18.2 Å². The second kappa shape index (κ2) is 11.2. The van der Waals surface area contributed by atoms with Gasteiger partial charge in [0, 0.05) is 6.54 Å². The number of ether oxygens (including phenoxy) is 1. The molecular weight excluding hydrogens is 457 g/mol. The van der Waals surface area contributed by atoms with Crippen LogP contribution in [0.1, 0.15) is 32.1 Å². The Morgan fingerprint density at radius 1 is 1.26 bits per heavy atom. The Balaban J connectivity index is 0.00000364. The van der Waals surface area contributed by atoms with E-state index in [0.717, 1.165) is 17.9 Å². The van der Waals surface area contributed by atoms with Gasteiger partial charge in [0.2, 0.25) is 0 Å². The molecule has 0 aliphatic rings. The quantitative estimate of drug-likeness (QED) is 0.302. The number of guanidine groups is 1. The zero-order chi connectivity index (χ0) is 19.0. The monoisotopic (exact) mass is 487 g/mol. The highest BCUT2D eigenvalue weighted by Crippen LogP contribution is 2.21. The molecule has 2 unspecified atom stereocenters. The first-order valence-corrected chi connectivity index (χ1v) is 8.93. The van der Waals surface area contributed by atoms with E-state index in [1.807, 2.05) is 45.0 Å². The Labute approximate surface area is 178 Å². The number of furan rings is 1. The number of aliphatic hydroxyl groups is 1. The highest BCUT2D eigenvalue weighted by atomic mass is 127. The van der Waals surface area contributed by atoms with Gasteiger partial charge < -0.3 is 24.9 Å². The molecule has 6 nitrogen and oxygen atoms in total. The molecule has 0 saturated carbocycles. The summed E-state index contributed by atoms with van der Waals surface area (Å²) in [6.07, 6.45) is 1.51. The number of para-hydroxylation sites is 1. The molecule has 7 heteroatoms. The van der Waals surface area contributed by atoms with Crippen LogP contribution < -0.4 is 15.4 Å². The van der Waals surface area contributed by atoms with Crippen molar-refractivity contribution >= 4 is 29.9 Å². The van der Waals surface area contributed by atoms with Crippen molar-refractivity contribution < 1.29 is 14.3 Å². The van der Waals surface area contributed by atoms with Crippen LogP contribution in [-0.4, -0.2) is 36.8 Å². The van der Waals surface area contributed by atoms with Gasteiger partial charge in [0.15, 0.2) is 5.96 Å². The van der Waals surface area contributed by atoms with Gasteiger partial charge in [-0.25, -0.2) is 4.99 Å². The van der Waals surface area contributed by atoms with E-state index in [1.54, 1.807) is 25.3 Å². The first-order valence-electron chi connectivity index (χ1n) is 8.93. The molecule has 1 aromatic heterocycles. The van der Waals surface area contributed by atoms with Gasteiger partial charge in [0.05, 0.1) is 19.4 Å². The first kappa shape index (κ1) is 23.3. The standard InChI is InChI=1S/C20H29N3O3.HI/c1-5-21-19(23-14-20(4,24)18-11-8-12-25-18)22-13-16(3)26-17-10-7-6-9-15(17)2;/h6-12,16,24H,5,13-14H2,1-4H3,(H2,21,22,23);1H. The van der Waals surface area contributed by atoms with Gasteiger partial charge in [-0.2, -0.15) is 0 Å². The number of hydrogen-bond acceptors (Lipinski definition) is 4. The van der Waals surface area contributed by atoms with Crippen molar-refractivity contribution in [2.24, 2.45) is 4.99 Å². The lowest BCUT2D eigenvalue weighted by Crippen LogP contribution is -2.42. The molecule has 0 spiro atoms. The van der Waals surface area contributed by atoms with Crippen LogP contribution in [-0.2, 0) is 5.60 Å². The Morgan fingerprint density at radius 2 is 2.00 bits per heavy atom. The molecule has 1 heterocycles. The molecule has 2 atom stereocenters. The van der Waals surface area contributed by atoms with Crippen LogP contribution in [0.15, 0.2) is 52.1 Å².